The van der Waals surface area contributed by atoms with Crippen LogP contribution in [-0.2, 0) is 6.42 Å². The maximum Gasteiger partial charge on any atom is 0.00595 e. The van der Waals surface area contributed by atoms with Gasteiger partial charge in [0, 0.05) is 5.92 Å². The third kappa shape index (κ3) is 2.06. The quantitative estimate of drug-likeness (QED) is 0.549. The molecule has 0 fully saturated rings. The van der Waals surface area contributed by atoms with Gasteiger partial charge in [-0.25, -0.2) is 0 Å². The molecule has 2 atom stereocenters. The predicted octanol–water partition coefficient (Wildman–Crippen LogP) is 5.33. The van der Waals surface area contributed by atoms with E-state index in [0.29, 0.717) is 11.3 Å². The zero-order chi connectivity index (χ0) is 13.8. The van der Waals surface area contributed by atoms with Crippen LogP contribution in [0.2, 0.25) is 0 Å². The van der Waals surface area contributed by atoms with Gasteiger partial charge in [0.05, 0.1) is 0 Å². The van der Waals surface area contributed by atoms with Crippen molar-refractivity contribution in [1.82, 2.24) is 0 Å². The third-order valence-electron chi connectivity index (χ3n) is 5.35. The number of fused-ring (bicyclic) bond motifs is 3. The first-order valence-corrected chi connectivity index (χ1v) is 7.66. The number of benzene rings is 1. The smallest absolute Gasteiger partial charge is 0.00595 e. The molecule has 0 nitrogen and oxygen atoms in total. The van der Waals surface area contributed by atoms with E-state index in [2.05, 4.69) is 52.8 Å². The van der Waals surface area contributed by atoms with E-state index in [1.807, 2.05) is 0 Å². The molecule has 0 amide bonds. The molecule has 0 radical (unpaired) electrons. The lowest BCUT2D eigenvalue weighted by Crippen LogP contribution is -2.37. The Hall–Kier alpha value is -1.04. The van der Waals surface area contributed by atoms with E-state index in [9.17, 15) is 0 Å². The summed E-state index contributed by atoms with van der Waals surface area (Å²) >= 11 is 0. The second kappa shape index (κ2) is 4.23. The lowest BCUT2D eigenvalue weighted by atomic mass is 9.57. The first-order chi connectivity index (χ1) is 8.88. The SMILES string of the molecule is CC1=CC2c3c(C)cc(C)cc3CC(C)(C)C2CC1. The highest BCUT2D eigenvalue weighted by atomic mass is 14.5. The van der Waals surface area contributed by atoms with E-state index in [1.54, 1.807) is 16.7 Å². The molecule has 0 aliphatic heterocycles. The van der Waals surface area contributed by atoms with Crippen LogP contribution in [0.15, 0.2) is 23.8 Å². The van der Waals surface area contributed by atoms with Crippen LogP contribution >= 0.6 is 0 Å². The fraction of sp³-hybridized carbons (Fsp3) is 0.579. The summed E-state index contributed by atoms with van der Waals surface area (Å²) in [4.78, 5) is 0. The van der Waals surface area contributed by atoms with Crippen LogP contribution in [-0.4, -0.2) is 0 Å². The summed E-state index contributed by atoms with van der Waals surface area (Å²) in [5.74, 6) is 1.48. The fourth-order valence-electron chi connectivity index (χ4n) is 4.54. The molecule has 1 aromatic carbocycles. The molecule has 0 saturated carbocycles. The molecule has 0 spiro atoms. The van der Waals surface area contributed by atoms with Crippen LogP contribution in [0.25, 0.3) is 0 Å². The highest BCUT2D eigenvalue weighted by Gasteiger charge is 2.42. The molecular formula is C19H26. The Kier molecular flexibility index (Phi) is 2.89. The van der Waals surface area contributed by atoms with E-state index in [1.165, 1.54) is 30.4 Å². The zero-order valence-corrected chi connectivity index (χ0v) is 13.0. The summed E-state index contributed by atoms with van der Waals surface area (Å²) in [5.41, 5.74) is 8.21. The topological polar surface area (TPSA) is 0 Å². The van der Waals surface area contributed by atoms with Gasteiger partial charge < -0.3 is 0 Å². The van der Waals surface area contributed by atoms with Crippen LogP contribution in [0.4, 0.5) is 0 Å². The highest BCUT2D eigenvalue weighted by molar-refractivity contribution is 5.46. The van der Waals surface area contributed by atoms with Gasteiger partial charge in [0.2, 0.25) is 0 Å². The predicted molar refractivity (Wildman–Crippen MR) is 82.6 cm³/mol. The molecule has 0 aromatic heterocycles. The first-order valence-electron chi connectivity index (χ1n) is 7.66. The van der Waals surface area contributed by atoms with Crippen molar-refractivity contribution in [3.63, 3.8) is 0 Å². The van der Waals surface area contributed by atoms with Crippen molar-refractivity contribution in [2.75, 3.05) is 0 Å². The Balaban J connectivity index is 2.21. The Morgan fingerprint density at radius 1 is 1.11 bits per heavy atom. The lowest BCUT2D eigenvalue weighted by molar-refractivity contribution is 0.157. The fourth-order valence-corrected chi connectivity index (χ4v) is 4.54. The Morgan fingerprint density at radius 3 is 2.58 bits per heavy atom. The second-order valence-electron chi connectivity index (χ2n) is 7.50. The summed E-state index contributed by atoms with van der Waals surface area (Å²) in [6.07, 6.45) is 6.48. The van der Waals surface area contributed by atoms with Crippen LogP contribution in [0.3, 0.4) is 0 Å². The number of hydrogen-bond donors (Lipinski definition) is 0. The van der Waals surface area contributed by atoms with Crippen LogP contribution in [0, 0.1) is 25.2 Å². The molecule has 3 rings (SSSR count). The van der Waals surface area contributed by atoms with E-state index >= 15 is 0 Å². The Bertz CT molecular complexity index is 545. The van der Waals surface area contributed by atoms with E-state index in [-0.39, 0.29) is 0 Å². The van der Waals surface area contributed by atoms with Crippen molar-refractivity contribution in [3.05, 3.63) is 46.0 Å². The van der Waals surface area contributed by atoms with Crippen molar-refractivity contribution in [1.29, 1.82) is 0 Å². The molecule has 102 valence electrons. The zero-order valence-electron chi connectivity index (χ0n) is 13.0. The highest BCUT2D eigenvalue weighted by Crippen LogP contribution is 2.53. The van der Waals surface area contributed by atoms with Gasteiger partial charge in [0.25, 0.3) is 0 Å². The first kappa shape index (κ1) is 13.0. The minimum Gasteiger partial charge on any atom is -0.0778 e. The second-order valence-corrected chi connectivity index (χ2v) is 7.50. The maximum absolute atomic E-state index is 2.57. The minimum atomic E-state index is 0.440. The van der Waals surface area contributed by atoms with Gasteiger partial charge in [-0.1, -0.05) is 43.2 Å². The molecule has 2 unspecified atom stereocenters. The molecule has 2 aliphatic carbocycles. The van der Waals surface area contributed by atoms with E-state index in [0.717, 1.165) is 5.92 Å². The van der Waals surface area contributed by atoms with Gasteiger partial charge in [0.1, 0.15) is 0 Å². The van der Waals surface area contributed by atoms with Crippen molar-refractivity contribution in [2.45, 2.75) is 59.8 Å². The van der Waals surface area contributed by atoms with Gasteiger partial charge in [-0.2, -0.15) is 0 Å². The van der Waals surface area contributed by atoms with Crippen molar-refractivity contribution in [2.24, 2.45) is 11.3 Å². The summed E-state index contributed by atoms with van der Waals surface area (Å²) in [5, 5.41) is 0. The van der Waals surface area contributed by atoms with Gasteiger partial charge in [-0.3, -0.25) is 0 Å². The van der Waals surface area contributed by atoms with E-state index < -0.39 is 0 Å². The average molecular weight is 254 g/mol. The number of aryl methyl sites for hydroxylation is 2. The van der Waals surface area contributed by atoms with Crippen molar-refractivity contribution in [3.8, 4) is 0 Å². The minimum absolute atomic E-state index is 0.440. The summed E-state index contributed by atoms with van der Waals surface area (Å²) < 4.78 is 0. The normalized spacial score (nSPS) is 28.4. The third-order valence-corrected chi connectivity index (χ3v) is 5.35. The monoisotopic (exact) mass is 254 g/mol. The molecule has 0 saturated heterocycles. The van der Waals surface area contributed by atoms with Crippen LogP contribution in [0.5, 0.6) is 0 Å². The van der Waals surface area contributed by atoms with Gasteiger partial charge in [-0.05, 0) is 68.1 Å². The summed E-state index contributed by atoms with van der Waals surface area (Å²) in [7, 11) is 0. The molecular weight excluding hydrogens is 228 g/mol. The molecule has 0 heterocycles. The largest absolute Gasteiger partial charge is 0.0778 e. The Labute approximate surface area is 117 Å². The van der Waals surface area contributed by atoms with Gasteiger partial charge in [0.15, 0.2) is 0 Å². The molecule has 2 aliphatic rings. The Morgan fingerprint density at radius 2 is 1.84 bits per heavy atom. The maximum atomic E-state index is 2.57. The summed E-state index contributed by atoms with van der Waals surface area (Å²) in [6, 6.07) is 4.80. The molecule has 0 N–H and O–H groups in total. The van der Waals surface area contributed by atoms with Gasteiger partial charge in [-0.15, -0.1) is 0 Å². The molecule has 1 aromatic rings. The van der Waals surface area contributed by atoms with E-state index in [4.69, 9.17) is 0 Å². The molecule has 0 heteroatoms. The van der Waals surface area contributed by atoms with Crippen molar-refractivity contribution >= 4 is 0 Å². The number of hydrogen-bond acceptors (Lipinski definition) is 0. The van der Waals surface area contributed by atoms with Crippen LogP contribution < -0.4 is 0 Å². The number of rotatable bonds is 0. The average Bonchev–Trinajstić information content (AvgIpc) is 2.25. The lowest BCUT2D eigenvalue weighted by Gasteiger charge is -2.47. The number of allylic oxidation sites excluding steroid dienone is 2. The standard InChI is InChI=1S/C19H26/c1-12-6-7-17-16(10-12)18-14(3)8-13(2)9-15(18)11-19(17,4)5/h8-10,16-17H,6-7,11H2,1-5H3. The summed E-state index contributed by atoms with van der Waals surface area (Å²) in [6.45, 7) is 11.8. The van der Waals surface area contributed by atoms with Crippen molar-refractivity contribution < 1.29 is 0 Å². The van der Waals surface area contributed by atoms with Gasteiger partial charge >= 0.3 is 0 Å². The van der Waals surface area contributed by atoms with Crippen LogP contribution in [0.1, 0.15) is 61.8 Å². The molecule has 19 heavy (non-hydrogen) atoms. The molecule has 0 bridgehead atoms.